The maximum Gasteiger partial charge on any atom is 0.311 e. The van der Waals surface area contributed by atoms with Crippen molar-refractivity contribution in [1.29, 1.82) is 0 Å². The Morgan fingerprint density at radius 3 is 2.89 bits per heavy atom. The van der Waals surface area contributed by atoms with E-state index in [0.29, 0.717) is 6.61 Å². The third-order valence-corrected chi connectivity index (χ3v) is 6.33. The number of aromatic nitrogens is 1. The quantitative estimate of drug-likeness (QED) is 0.533. The Labute approximate surface area is 168 Å². The van der Waals surface area contributed by atoms with Gasteiger partial charge in [0, 0.05) is 37.5 Å². The highest BCUT2D eigenvalue weighted by Gasteiger charge is 2.26. The van der Waals surface area contributed by atoms with Crippen molar-refractivity contribution < 1.29 is 14.3 Å². The Morgan fingerprint density at radius 2 is 2.19 bits per heavy atom. The Balaban J connectivity index is 1.46. The Kier molecular flexibility index (Phi) is 7.12. The molecule has 2 heterocycles. The third kappa shape index (κ3) is 5.68. The fourth-order valence-electron chi connectivity index (χ4n) is 2.73. The average Bonchev–Trinajstić information content (AvgIpc) is 3.29. The van der Waals surface area contributed by atoms with Gasteiger partial charge >= 0.3 is 5.97 Å². The molecule has 1 fully saturated rings. The van der Waals surface area contributed by atoms with Crippen LogP contribution in [0.1, 0.15) is 24.4 Å². The van der Waals surface area contributed by atoms with Gasteiger partial charge in [-0.2, -0.15) is 0 Å². The lowest BCUT2D eigenvalue weighted by Crippen LogP contribution is -2.16. The molecular weight excluding hydrogens is 382 g/mol. The van der Waals surface area contributed by atoms with Gasteiger partial charge in [-0.05, 0) is 24.6 Å². The lowest BCUT2D eigenvalue weighted by atomic mass is 10.2. The van der Waals surface area contributed by atoms with Crippen molar-refractivity contribution in [1.82, 2.24) is 10.3 Å². The monoisotopic (exact) mass is 407 g/mol. The van der Waals surface area contributed by atoms with Gasteiger partial charge in [-0.15, -0.1) is 11.3 Å². The summed E-state index contributed by atoms with van der Waals surface area (Å²) in [6.45, 7) is 3.02. The number of nitrogens with zero attached hydrogens (tertiary/aromatic N) is 2. The molecular formula is C19H25N3O3S2. The zero-order valence-electron chi connectivity index (χ0n) is 15.8. The van der Waals surface area contributed by atoms with Gasteiger partial charge in [0.05, 0.1) is 24.8 Å². The second kappa shape index (κ2) is 9.54. The largest absolute Gasteiger partial charge is 0.466 e. The molecule has 3 rings (SSSR count). The van der Waals surface area contributed by atoms with Crippen LogP contribution in [-0.4, -0.2) is 50.1 Å². The first-order chi connectivity index (χ1) is 13.0. The van der Waals surface area contributed by atoms with Gasteiger partial charge in [-0.3, -0.25) is 10.1 Å². The smallest absolute Gasteiger partial charge is 0.311 e. The summed E-state index contributed by atoms with van der Waals surface area (Å²) >= 11 is 3.22. The van der Waals surface area contributed by atoms with Crippen LogP contribution in [0.5, 0.6) is 0 Å². The van der Waals surface area contributed by atoms with Gasteiger partial charge < -0.3 is 14.4 Å². The number of carbonyl (C=O) groups excluding carboxylic acids is 1. The molecule has 2 aromatic rings. The van der Waals surface area contributed by atoms with E-state index >= 15 is 0 Å². The zero-order valence-corrected chi connectivity index (χ0v) is 17.4. The number of thioether (sulfide) groups is 1. The second-order valence-corrected chi connectivity index (χ2v) is 8.56. The summed E-state index contributed by atoms with van der Waals surface area (Å²) in [4.78, 5) is 18.1. The van der Waals surface area contributed by atoms with Gasteiger partial charge in [0.25, 0.3) is 0 Å². The van der Waals surface area contributed by atoms with Crippen molar-refractivity contribution in [3.63, 3.8) is 0 Å². The fourth-order valence-corrected chi connectivity index (χ4v) is 4.60. The van der Waals surface area contributed by atoms with Crippen LogP contribution in [0.2, 0.25) is 0 Å². The molecule has 0 unspecified atom stereocenters. The standard InChI is InChI=1S/C19H25N3O3S2/c1-4-24-17(23)9-14-11-26-19(21-14)27-12-16-10-20-18(25-16)13-5-7-15(8-6-13)22(2)3/h5-8,11,16,18,20H,4,9-10,12H2,1-3H3/t16-,18+/m1/s1. The van der Waals surface area contributed by atoms with Crippen LogP contribution in [0, 0.1) is 0 Å². The van der Waals surface area contributed by atoms with E-state index in [1.54, 1.807) is 30.0 Å². The van der Waals surface area contributed by atoms with E-state index in [0.717, 1.165) is 27.9 Å². The number of nitrogens with one attached hydrogen (secondary N) is 1. The summed E-state index contributed by atoms with van der Waals surface area (Å²) in [7, 11) is 4.06. The Bertz CT molecular complexity index is 749. The topological polar surface area (TPSA) is 63.7 Å². The molecule has 1 saturated heterocycles. The number of benzene rings is 1. The molecule has 0 saturated carbocycles. The van der Waals surface area contributed by atoms with E-state index < -0.39 is 0 Å². The van der Waals surface area contributed by atoms with Crippen molar-refractivity contribution in [2.45, 2.75) is 30.0 Å². The molecule has 0 spiro atoms. The lowest BCUT2D eigenvalue weighted by molar-refractivity contribution is -0.142. The fraction of sp³-hybridized carbons (Fsp3) is 0.474. The van der Waals surface area contributed by atoms with E-state index in [2.05, 4.69) is 39.5 Å². The van der Waals surface area contributed by atoms with Crippen molar-refractivity contribution in [3.05, 3.63) is 40.9 Å². The summed E-state index contributed by atoms with van der Waals surface area (Å²) in [5.41, 5.74) is 3.08. The van der Waals surface area contributed by atoms with E-state index in [1.165, 1.54) is 5.69 Å². The van der Waals surface area contributed by atoms with Crippen LogP contribution < -0.4 is 10.2 Å². The van der Waals surface area contributed by atoms with E-state index in [1.807, 2.05) is 19.5 Å². The molecule has 1 aromatic carbocycles. The first kappa shape index (κ1) is 20.1. The van der Waals surface area contributed by atoms with Crippen molar-refractivity contribution >= 4 is 34.8 Å². The lowest BCUT2D eigenvalue weighted by Gasteiger charge is -2.16. The van der Waals surface area contributed by atoms with Crippen LogP contribution >= 0.6 is 23.1 Å². The van der Waals surface area contributed by atoms with Gasteiger partial charge in [0.1, 0.15) is 10.6 Å². The molecule has 1 N–H and O–H groups in total. The summed E-state index contributed by atoms with van der Waals surface area (Å²) in [6, 6.07) is 8.40. The highest BCUT2D eigenvalue weighted by atomic mass is 32.2. The molecule has 1 aliphatic rings. The third-order valence-electron chi connectivity index (χ3n) is 4.13. The van der Waals surface area contributed by atoms with Crippen LogP contribution in [0.3, 0.4) is 0 Å². The molecule has 6 nitrogen and oxygen atoms in total. The number of rotatable bonds is 8. The normalized spacial score (nSPS) is 19.2. The van der Waals surface area contributed by atoms with E-state index in [4.69, 9.17) is 9.47 Å². The van der Waals surface area contributed by atoms with Crippen LogP contribution in [0.25, 0.3) is 0 Å². The van der Waals surface area contributed by atoms with Gasteiger partial charge in [0.2, 0.25) is 0 Å². The van der Waals surface area contributed by atoms with Crippen LogP contribution in [0.4, 0.5) is 5.69 Å². The van der Waals surface area contributed by atoms with Gasteiger partial charge in [-0.25, -0.2) is 4.98 Å². The van der Waals surface area contributed by atoms with Crippen molar-refractivity contribution in [2.24, 2.45) is 0 Å². The van der Waals surface area contributed by atoms with Crippen LogP contribution in [0.15, 0.2) is 34.0 Å². The van der Waals surface area contributed by atoms with Crippen molar-refractivity contribution in [3.8, 4) is 0 Å². The number of ether oxygens (including phenoxy) is 2. The number of carbonyl (C=O) groups is 1. The molecule has 0 radical (unpaired) electrons. The molecule has 146 valence electrons. The SMILES string of the molecule is CCOC(=O)Cc1csc(SC[C@H]2CN[C@H](c3ccc(N(C)C)cc3)O2)n1. The first-order valence-electron chi connectivity index (χ1n) is 8.94. The average molecular weight is 408 g/mol. The molecule has 0 amide bonds. The number of esters is 1. The highest BCUT2D eigenvalue weighted by Crippen LogP contribution is 2.29. The number of anilines is 1. The van der Waals surface area contributed by atoms with E-state index in [9.17, 15) is 4.79 Å². The molecule has 1 aliphatic heterocycles. The number of hydrogen-bond donors (Lipinski definition) is 1. The van der Waals surface area contributed by atoms with Gasteiger partial charge in [0.15, 0.2) is 0 Å². The predicted molar refractivity (Wildman–Crippen MR) is 110 cm³/mol. The maximum absolute atomic E-state index is 11.5. The Hall–Kier alpha value is -1.61. The molecule has 27 heavy (non-hydrogen) atoms. The summed E-state index contributed by atoms with van der Waals surface area (Å²) in [6.07, 6.45) is 0.297. The highest BCUT2D eigenvalue weighted by molar-refractivity contribution is 8.01. The van der Waals surface area contributed by atoms with Gasteiger partial charge in [-0.1, -0.05) is 23.9 Å². The second-order valence-electron chi connectivity index (χ2n) is 6.43. The number of hydrogen-bond acceptors (Lipinski definition) is 8. The molecule has 0 bridgehead atoms. The summed E-state index contributed by atoms with van der Waals surface area (Å²) in [5, 5.41) is 5.34. The molecule has 2 atom stereocenters. The molecule has 1 aromatic heterocycles. The van der Waals surface area contributed by atoms with Crippen molar-refractivity contribution in [2.75, 3.05) is 37.9 Å². The van der Waals surface area contributed by atoms with Crippen LogP contribution in [-0.2, 0) is 20.7 Å². The summed E-state index contributed by atoms with van der Waals surface area (Å²) in [5.74, 6) is 0.594. The number of thiazole rings is 1. The minimum absolute atomic E-state index is 0.0671. The summed E-state index contributed by atoms with van der Waals surface area (Å²) < 4.78 is 12.0. The predicted octanol–water partition coefficient (Wildman–Crippen LogP) is 3.09. The first-order valence-corrected chi connectivity index (χ1v) is 10.8. The minimum atomic E-state index is -0.231. The molecule has 0 aliphatic carbocycles. The van der Waals surface area contributed by atoms with E-state index in [-0.39, 0.29) is 24.7 Å². The molecule has 8 heteroatoms. The minimum Gasteiger partial charge on any atom is -0.466 e. The zero-order chi connectivity index (χ0) is 19.2. The maximum atomic E-state index is 11.5. The Morgan fingerprint density at radius 1 is 1.41 bits per heavy atom.